The predicted molar refractivity (Wildman–Crippen MR) is 73.2 cm³/mol. The van der Waals surface area contributed by atoms with Gasteiger partial charge in [0.15, 0.2) is 0 Å². The number of H-pyrrole nitrogens is 1. The average Bonchev–Trinajstić information content (AvgIpc) is 2.85. The van der Waals surface area contributed by atoms with Crippen LogP contribution in [0.5, 0.6) is 0 Å². The van der Waals surface area contributed by atoms with Gasteiger partial charge in [-0.05, 0) is 37.1 Å². The van der Waals surface area contributed by atoms with Gasteiger partial charge in [0.1, 0.15) is 0 Å². The smallest absolute Gasteiger partial charge is 0.256 e. The highest BCUT2D eigenvalue weighted by atomic mass is 16.2. The van der Waals surface area contributed by atoms with Gasteiger partial charge in [-0.3, -0.25) is 4.79 Å². The summed E-state index contributed by atoms with van der Waals surface area (Å²) in [5, 5.41) is 2.87. The summed E-state index contributed by atoms with van der Waals surface area (Å²) in [7, 11) is 0. The zero-order valence-corrected chi connectivity index (χ0v) is 10.4. The maximum atomic E-state index is 12.0. The molecule has 0 saturated carbocycles. The molecule has 1 aliphatic rings. The number of benzene rings is 1. The summed E-state index contributed by atoms with van der Waals surface area (Å²) in [6.07, 6.45) is 3.88. The summed E-state index contributed by atoms with van der Waals surface area (Å²) in [6.45, 7) is 4.10. The third-order valence-corrected chi connectivity index (χ3v) is 3.44. The molecule has 2 aromatic rings. The Hall–Kier alpha value is -2.29. The number of carbonyl (C=O) groups excluding carboxylic acids is 1. The Labute approximate surface area is 106 Å². The van der Waals surface area contributed by atoms with Crippen LogP contribution in [0.4, 0.5) is 5.69 Å². The fourth-order valence-corrected chi connectivity index (χ4v) is 2.19. The molecule has 2 N–H and O–H groups in total. The molecule has 1 aromatic heterocycles. The number of nitrogens with one attached hydrogen (secondary N) is 2. The van der Waals surface area contributed by atoms with E-state index in [0.29, 0.717) is 0 Å². The summed E-state index contributed by atoms with van der Waals surface area (Å²) in [6, 6.07) is 7.75. The Morgan fingerprint density at radius 2 is 1.94 bits per heavy atom. The number of para-hydroxylation sites is 1. The van der Waals surface area contributed by atoms with Crippen LogP contribution in [0.2, 0.25) is 0 Å². The number of aromatic nitrogens is 1. The second-order valence-corrected chi connectivity index (χ2v) is 4.57. The number of hydrogen-bond donors (Lipinski definition) is 2. The second-order valence-electron chi connectivity index (χ2n) is 4.57. The van der Waals surface area contributed by atoms with Crippen LogP contribution in [-0.4, -0.2) is 10.9 Å². The lowest BCUT2D eigenvalue weighted by molar-refractivity contribution is -0.110. The number of amides is 1. The second kappa shape index (κ2) is 3.88. The average molecular weight is 238 g/mol. The molecule has 3 nitrogen and oxygen atoms in total. The number of rotatable bonds is 1. The van der Waals surface area contributed by atoms with Crippen molar-refractivity contribution in [1.29, 1.82) is 0 Å². The van der Waals surface area contributed by atoms with Crippen molar-refractivity contribution < 1.29 is 4.79 Å². The fraction of sp³-hybridized carbons (Fsp3) is 0.133. The van der Waals surface area contributed by atoms with Crippen LogP contribution >= 0.6 is 0 Å². The molecule has 18 heavy (non-hydrogen) atoms. The number of aryl methyl sites for hydroxylation is 1. The van der Waals surface area contributed by atoms with E-state index in [0.717, 1.165) is 22.5 Å². The number of fused-ring (bicyclic) bond motifs is 1. The Kier molecular flexibility index (Phi) is 2.33. The molecular formula is C15H14N2O. The van der Waals surface area contributed by atoms with E-state index in [1.165, 1.54) is 11.1 Å². The first kappa shape index (κ1) is 10.8. The van der Waals surface area contributed by atoms with Gasteiger partial charge in [0, 0.05) is 23.1 Å². The van der Waals surface area contributed by atoms with E-state index in [2.05, 4.69) is 24.1 Å². The predicted octanol–water partition coefficient (Wildman–Crippen LogP) is 3.12. The van der Waals surface area contributed by atoms with Crippen molar-refractivity contribution >= 4 is 23.2 Å². The lowest BCUT2D eigenvalue weighted by Crippen LogP contribution is -2.03. The van der Waals surface area contributed by atoms with Gasteiger partial charge < -0.3 is 10.3 Å². The number of carbonyl (C=O) groups is 1. The van der Waals surface area contributed by atoms with Crippen LogP contribution in [0.3, 0.4) is 0 Å². The molecule has 0 saturated heterocycles. The molecule has 0 unspecified atom stereocenters. The SMILES string of the molecule is Cc1c[nH]c(C=C2C(=O)Nc3ccccc32)c1C. The molecule has 90 valence electrons. The highest BCUT2D eigenvalue weighted by Crippen LogP contribution is 2.33. The molecule has 0 atom stereocenters. The quantitative estimate of drug-likeness (QED) is 0.737. The van der Waals surface area contributed by atoms with Crippen molar-refractivity contribution in [3.05, 3.63) is 52.8 Å². The maximum absolute atomic E-state index is 12.0. The van der Waals surface area contributed by atoms with Crippen molar-refractivity contribution in [2.45, 2.75) is 13.8 Å². The van der Waals surface area contributed by atoms with Crippen LogP contribution in [0.1, 0.15) is 22.4 Å². The van der Waals surface area contributed by atoms with E-state index in [1.54, 1.807) is 0 Å². The Balaban J connectivity index is 2.12. The van der Waals surface area contributed by atoms with E-state index < -0.39 is 0 Å². The largest absolute Gasteiger partial charge is 0.361 e. The molecule has 1 amide bonds. The number of anilines is 1. The van der Waals surface area contributed by atoms with Gasteiger partial charge >= 0.3 is 0 Å². The highest BCUT2D eigenvalue weighted by molar-refractivity contribution is 6.34. The molecule has 1 aliphatic heterocycles. The summed E-state index contributed by atoms with van der Waals surface area (Å²) < 4.78 is 0. The first-order valence-corrected chi connectivity index (χ1v) is 5.94. The van der Waals surface area contributed by atoms with Crippen LogP contribution in [0.25, 0.3) is 11.6 Å². The van der Waals surface area contributed by atoms with Crippen molar-refractivity contribution in [2.75, 3.05) is 5.32 Å². The van der Waals surface area contributed by atoms with Gasteiger partial charge in [0.25, 0.3) is 5.91 Å². The molecule has 2 heterocycles. The third kappa shape index (κ3) is 1.56. The van der Waals surface area contributed by atoms with E-state index >= 15 is 0 Å². The van der Waals surface area contributed by atoms with Crippen molar-refractivity contribution in [2.24, 2.45) is 0 Å². The van der Waals surface area contributed by atoms with Crippen molar-refractivity contribution in [3.8, 4) is 0 Å². The van der Waals surface area contributed by atoms with Gasteiger partial charge in [-0.1, -0.05) is 18.2 Å². The zero-order valence-electron chi connectivity index (χ0n) is 10.4. The minimum absolute atomic E-state index is 0.0390. The third-order valence-electron chi connectivity index (χ3n) is 3.44. The molecule has 0 spiro atoms. The van der Waals surface area contributed by atoms with Gasteiger partial charge in [-0.15, -0.1) is 0 Å². The van der Waals surface area contributed by atoms with Crippen molar-refractivity contribution in [1.82, 2.24) is 4.98 Å². The van der Waals surface area contributed by atoms with Crippen LogP contribution in [0.15, 0.2) is 30.5 Å². The van der Waals surface area contributed by atoms with Gasteiger partial charge in [0.2, 0.25) is 0 Å². The molecule has 3 rings (SSSR count). The maximum Gasteiger partial charge on any atom is 0.256 e. The molecule has 0 aliphatic carbocycles. The Bertz CT molecular complexity index is 665. The van der Waals surface area contributed by atoms with Crippen molar-refractivity contribution in [3.63, 3.8) is 0 Å². The topological polar surface area (TPSA) is 44.9 Å². The van der Waals surface area contributed by atoms with E-state index in [4.69, 9.17) is 0 Å². The van der Waals surface area contributed by atoms with E-state index in [1.807, 2.05) is 36.5 Å². The zero-order chi connectivity index (χ0) is 12.7. The van der Waals surface area contributed by atoms with Gasteiger partial charge in [-0.2, -0.15) is 0 Å². The molecule has 0 bridgehead atoms. The van der Waals surface area contributed by atoms with E-state index in [9.17, 15) is 4.79 Å². The molecular weight excluding hydrogens is 224 g/mol. The molecule has 0 fully saturated rings. The van der Waals surface area contributed by atoms with Crippen LogP contribution in [0, 0.1) is 13.8 Å². The summed E-state index contributed by atoms with van der Waals surface area (Å²) >= 11 is 0. The van der Waals surface area contributed by atoms with Gasteiger partial charge in [-0.25, -0.2) is 0 Å². The number of aromatic amines is 1. The summed E-state index contributed by atoms with van der Waals surface area (Å²) in [5.74, 6) is -0.0390. The first-order chi connectivity index (χ1) is 8.66. The Morgan fingerprint density at radius 3 is 2.67 bits per heavy atom. The summed E-state index contributed by atoms with van der Waals surface area (Å²) in [5.41, 5.74) is 5.95. The van der Waals surface area contributed by atoms with Crippen LogP contribution in [-0.2, 0) is 4.79 Å². The monoisotopic (exact) mass is 238 g/mol. The lowest BCUT2D eigenvalue weighted by atomic mass is 10.0. The lowest BCUT2D eigenvalue weighted by Gasteiger charge is -1.98. The molecule has 1 aromatic carbocycles. The minimum Gasteiger partial charge on any atom is -0.361 e. The summed E-state index contributed by atoms with van der Waals surface area (Å²) in [4.78, 5) is 15.2. The minimum atomic E-state index is -0.0390. The van der Waals surface area contributed by atoms with Gasteiger partial charge in [0.05, 0.1) is 5.57 Å². The first-order valence-electron chi connectivity index (χ1n) is 5.94. The number of hydrogen-bond acceptors (Lipinski definition) is 1. The molecule has 3 heteroatoms. The molecule has 0 radical (unpaired) electrons. The fourth-order valence-electron chi connectivity index (χ4n) is 2.19. The highest BCUT2D eigenvalue weighted by Gasteiger charge is 2.23. The van der Waals surface area contributed by atoms with Crippen LogP contribution < -0.4 is 5.32 Å². The normalized spacial score (nSPS) is 15.9. The van der Waals surface area contributed by atoms with E-state index in [-0.39, 0.29) is 5.91 Å². The standard InChI is InChI=1S/C15H14N2O/c1-9-8-16-14(10(9)2)7-12-11-5-3-4-6-13(11)17-15(12)18/h3-8,16H,1-2H3,(H,17,18). The Morgan fingerprint density at radius 1 is 1.17 bits per heavy atom.